The van der Waals surface area contributed by atoms with Crippen LogP contribution in [0.1, 0.15) is 130 Å². The molecular weight excluding hydrogens is 415 g/mol. The SMILES string of the molecule is CCCCCCCCCCCCP(Br)(CCCC)(CCCC)CCCC.O. The van der Waals surface area contributed by atoms with Crippen molar-refractivity contribution in [2.24, 2.45) is 0 Å². The molecule has 0 aromatic carbocycles. The van der Waals surface area contributed by atoms with Crippen LogP contribution in [-0.2, 0) is 0 Å². The Morgan fingerprint density at radius 2 is 0.667 bits per heavy atom. The van der Waals surface area contributed by atoms with Crippen molar-refractivity contribution in [3.63, 3.8) is 0 Å². The van der Waals surface area contributed by atoms with Crippen molar-refractivity contribution < 1.29 is 5.48 Å². The Hall–Kier alpha value is 0.870. The summed E-state index contributed by atoms with van der Waals surface area (Å²) >= 11 is 4.54. The van der Waals surface area contributed by atoms with Gasteiger partial charge < -0.3 is 5.48 Å². The summed E-state index contributed by atoms with van der Waals surface area (Å²) in [5, 5.41) is -1.62. The fourth-order valence-corrected chi connectivity index (χ4v) is 13.0. The molecule has 0 bridgehead atoms. The fourth-order valence-electron chi connectivity index (χ4n) is 4.33. The maximum Gasteiger partial charge on any atom is -0.412 e. The molecule has 0 saturated carbocycles. The third-order valence-electron chi connectivity index (χ3n) is 6.28. The molecule has 0 aliphatic rings. The van der Waals surface area contributed by atoms with Crippen LogP contribution in [0.25, 0.3) is 0 Å². The molecule has 0 fully saturated rings. The Bertz CT molecular complexity index is 284. The van der Waals surface area contributed by atoms with E-state index in [1.54, 1.807) is 0 Å². The molecule has 0 atom stereocenters. The monoisotopic (exact) mass is 468 g/mol. The Morgan fingerprint density at radius 1 is 0.407 bits per heavy atom. The second kappa shape index (κ2) is 18.9. The first-order chi connectivity index (χ1) is 12.5. The third-order valence-corrected chi connectivity index (χ3v) is 16.3. The molecule has 2 N–H and O–H groups in total. The van der Waals surface area contributed by atoms with Crippen molar-refractivity contribution in [1.29, 1.82) is 0 Å². The Kier molecular flexibility index (Phi) is 21.0. The number of hydrogen-bond donors (Lipinski definition) is 0. The molecule has 0 heterocycles. The van der Waals surface area contributed by atoms with E-state index in [1.807, 2.05) is 0 Å². The predicted molar refractivity (Wildman–Crippen MR) is 135 cm³/mol. The predicted octanol–water partition coefficient (Wildman–Crippen LogP) is 9.35. The molecule has 0 saturated heterocycles. The smallest absolute Gasteiger partial charge is 0.412 e. The van der Waals surface area contributed by atoms with Crippen molar-refractivity contribution in [3.8, 4) is 0 Å². The summed E-state index contributed by atoms with van der Waals surface area (Å²) in [7, 11) is 0. The number of unbranched alkanes of at least 4 members (excludes halogenated alkanes) is 12. The van der Waals surface area contributed by atoms with Crippen LogP contribution in [-0.4, -0.2) is 30.1 Å². The average Bonchev–Trinajstić information content (AvgIpc) is 2.65. The molecular formula is C24H54BrOP. The summed E-state index contributed by atoms with van der Waals surface area (Å²) in [5.41, 5.74) is 0. The number of hydrogen-bond acceptors (Lipinski definition) is 0. The van der Waals surface area contributed by atoms with E-state index >= 15 is 0 Å². The summed E-state index contributed by atoms with van der Waals surface area (Å²) < 4.78 is 0. The zero-order valence-corrected chi connectivity index (χ0v) is 21.9. The molecule has 0 aliphatic heterocycles. The largest absolute Gasteiger partial charge is 0.412 e. The molecule has 168 valence electrons. The van der Waals surface area contributed by atoms with Gasteiger partial charge in [0.25, 0.3) is 0 Å². The van der Waals surface area contributed by atoms with Crippen molar-refractivity contribution >= 4 is 20.8 Å². The molecule has 0 spiro atoms. The van der Waals surface area contributed by atoms with Crippen LogP contribution >= 0.6 is 20.8 Å². The zero-order valence-electron chi connectivity index (χ0n) is 19.5. The van der Waals surface area contributed by atoms with E-state index < -0.39 is 5.31 Å². The van der Waals surface area contributed by atoms with Crippen molar-refractivity contribution in [2.45, 2.75) is 130 Å². The third kappa shape index (κ3) is 15.4. The minimum Gasteiger partial charge on any atom is -0.412 e. The van der Waals surface area contributed by atoms with Crippen LogP contribution in [0, 0.1) is 0 Å². The second-order valence-electron chi connectivity index (χ2n) is 8.96. The van der Waals surface area contributed by atoms with Gasteiger partial charge in [0, 0.05) is 0 Å². The summed E-state index contributed by atoms with van der Waals surface area (Å²) in [5.74, 6) is 0. The van der Waals surface area contributed by atoms with Crippen molar-refractivity contribution in [3.05, 3.63) is 0 Å². The summed E-state index contributed by atoms with van der Waals surface area (Å²) in [4.78, 5) is 0. The van der Waals surface area contributed by atoms with Gasteiger partial charge in [-0.25, -0.2) is 0 Å². The van der Waals surface area contributed by atoms with E-state index in [0.717, 1.165) is 0 Å². The summed E-state index contributed by atoms with van der Waals surface area (Å²) in [6.07, 6.45) is 29.1. The topological polar surface area (TPSA) is 31.5 Å². The molecule has 0 aromatic rings. The van der Waals surface area contributed by atoms with E-state index in [0.29, 0.717) is 0 Å². The molecule has 3 heteroatoms. The first-order valence-corrected chi connectivity index (χ1v) is 17.3. The van der Waals surface area contributed by atoms with Crippen LogP contribution in [0.15, 0.2) is 0 Å². The minimum absolute atomic E-state index is 0. The van der Waals surface area contributed by atoms with Crippen molar-refractivity contribution in [2.75, 3.05) is 24.6 Å². The first-order valence-electron chi connectivity index (χ1n) is 12.3. The van der Waals surface area contributed by atoms with E-state index in [4.69, 9.17) is 0 Å². The van der Waals surface area contributed by atoms with Gasteiger partial charge in [-0.05, 0) is 0 Å². The van der Waals surface area contributed by atoms with Crippen LogP contribution in [0.2, 0.25) is 0 Å². The molecule has 0 radical (unpaired) electrons. The van der Waals surface area contributed by atoms with Gasteiger partial charge in [-0.15, -0.1) is 0 Å². The Balaban J connectivity index is 0. The second-order valence-corrected chi connectivity index (χ2v) is 20.4. The Labute approximate surface area is 181 Å². The van der Waals surface area contributed by atoms with Crippen LogP contribution < -0.4 is 0 Å². The van der Waals surface area contributed by atoms with Gasteiger partial charge in [-0.3, -0.25) is 0 Å². The van der Waals surface area contributed by atoms with E-state index in [1.165, 1.54) is 127 Å². The fraction of sp³-hybridized carbons (Fsp3) is 1.00. The van der Waals surface area contributed by atoms with Gasteiger partial charge in [-0.2, -0.15) is 0 Å². The van der Waals surface area contributed by atoms with Gasteiger partial charge in [0.05, 0.1) is 0 Å². The molecule has 0 rings (SSSR count). The normalized spacial score (nSPS) is 13.1. The van der Waals surface area contributed by atoms with Crippen molar-refractivity contribution in [1.82, 2.24) is 0 Å². The molecule has 1 nitrogen and oxygen atoms in total. The molecule has 0 aliphatic carbocycles. The van der Waals surface area contributed by atoms with Crippen LogP contribution in [0.5, 0.6) is 0 Å². The van der Waals surface area contributed by atoms with Crippen LogP contribution in [0.4, 0.5) is 0 Å². The molecule has 27 heavy (non-hydrogen) atoms. The van der Waals surface area contributed by atoms with E-state index in [2.05, 4.69) is 43.2 Å². The maximum absolute atomic E-state index is 4.54. The first kappa shape index (κ1) is 30.1. The van der Waals surface area contributed by atoms with Crippen LogP contribution in [0.3, 0.4) is 0 Å². The van der Waals surface area contributed by atoms with Gasteiger partial charge in [0.15, 0.2) is 0 Å². The number of rotatable bonds is 20. The molecule has 0 aromatic heterocycles. The summed E-state index contributed by atoms with van der Waals surface area (Å²) in [6.45, 7) is 9.41. The zero-order chi connectivity index (χ0) is 19.6. The van der Waals surface area contributed by atoms with Gasteiger partial charge in [0.1, 0.15) is 0 Å². The molecule has 0 unspecified atom stereocenters. The quantitative estimate of drug-likeness (QED) is 0.126. The van der Waals surface area contributed by atoms with E-state index in [-0.39, 0.29) is 5.48 Å². The van der Waals surface area contributed by atoms with E-state index in [9.17, 15) is 0 Å². The van der Waals surface area contributed by atoms with Gasteiger partial charge in [0.2, 0.25) is 0 Å². The summed E-state index contributed by atoms with van der Waals surface area (Å²) in [6, 6.07) is 0. The molecule has 0 amide bonds. The van der Waals surface area contributed by atoms with Gasteiger partial charge >= 0.3 is 176 Å². The average molecular weight is 470 g/mol. The van der Waals surface area contributed by atoms with Gasteiger partial charge in [-0.1, -0.05) is 0 Å². The standard InChI is InChI=1S/C24H52BrP.H2O/c1-5-9-13-14-15-16-17-18-19-20-24-26(25,21-10-6-2,22-11-7-3)23-12-8-4;/h5-24H2,1-4H3;1H2. The maximum atomic E-state index is 4.54. The Morgan fingerprint density at radius 3 is 1.00 bits per heavy atom. The minimum atomic E-state index is -1.62. The number of halogens is 1.